The van der Waals surface area contributed by atoms with Crippen LogP contribution in [0.3, 0.4) is 0 Å². The van der Waals surface area contributed by atoms with Crippen LogP contribution >= 0.6 is 0 Å². The van der Waals surface area contributed by atoms with Crippen LogP contribution in [0.5, 0.6) is 5.75 Å². The highest BCUT2D eigenvalue weighted by Gasteiger charge is 2.16. The summed E-state index contributed by atoms with van der Waals surface area (Å²) in [6.07, 6.45) is 1.38. The number of rotatable bonds is 6. The largest absolute Gasteiger partial charge is 0.503 e. The maximum Gasteiger partial charge on any atom is 0.341 e. The molecule has 142 valence electrons. The lowest BCUT2D eigenvalue weighted by Gasteiger charge is -2.12. The highest BCUT2D eigenvalue weighted by Crippen LogP contribution is 2.22. The fourth-order valence-corrected chi connectivity index (χ4v) is 2.04. The average Bonchev–Trinajstić information content (AvgIpc) is 2.74. The molecule has 0 atom stereocenters. The van der Waals surface area contributed by atoms with Gasteiger partial charge in [0.25, 0.3) is 0 Å². The Morgan fingerprint density at radius 1 is 0.885 bits per heavy atom. The second-order valence-electron chi connectivity index (χ2n) is 4.52. The van der Waals surface area contributed by atoms with Crippen molar-refractivity contribution in [1.29, 1.82) is 0 Å². The van der Waals surface area contributed by atoms with Crippen molar-refractivity contribution in [3.05, 3.63) is 72.0 Å². The van der Waals surface area contributed by atoms with Crippen molar-refractivity contribution < 1.29 is 19.0 Å². The van der Waals surface area contributed by atoms with Gasteiger partial charge in [0.05, 0.1) is 20.5 Å². The second kappa shape index (κ2) is 14.6. The number of methoxy groups -OCH3 is 2. The summed E-state index contributed by atoms with van der Waals surface area (Å²) in [5.41, 5.74) is 1.96. The molecule has 0 aromatic heterocycles. The molecule has 26 heavy (non-hydrogen) atoms. The van der Waals surface area contributed by atoms with Crippen molar-refractivity contribution in [2.45, 2.75) is 34.3 Å². The molecule has 2 rings (SSSR count). The van der Waals surface area contributed by atoms with E-state index in [2.05, 4.69) is 0 Å². The fourth-order valence-electron chi connectivity index (χ4n) is 2.04. The van der Waals surface area contributed by atoms with Gasteiger partial charge in [0.1, 0.15) is 17.9 Å². The van der Waals surface area contributed by atoms with Crippen molar-refractivity contribution in [1.82, 2.24) is 0 Å². The van der Waals surface area contributed by atoms with Gasteiger partial charge in [0.15, 0.2) is 0 Å². The Morgan fingerprint density at radius 3 is 2.04 bits per heavy atom. The molecule has 0 radical (unpaired) electrons. The summed E-state index contributed by atoms with van der Waals surface area (Å²) < 4.78 is 15.6. The normalized spacial score (nSPS) is 9.69. The lowest BCUT2D eigenvalue weighted by atomic mass is 10.0. The average molecular weight is 358 g/mol. The van der Waals surface area contributed by atoms with Gasteiger partial charge in [-0.1, -0.05) is 70.2 Å². The zero-order chi connectivity index (χ0) is 19.8. The highest BCUT2D eigenvalue weighted by atomic mass is 16.5. The van der Waals surface area contributed by atoms with Crippen LogP contribution in [0.25, 0.3) is 5.57 Å². The van der Waals surface area contributed by atoms with Gasteiger partial charge in [-0.05, 0) is 23.3 Å². The van der Waals surface area contributed by atoms with Crippen LogP contribution in [0.2, 0.25) is 0 Å². The Balaban J connectivity index is 0.00000146. The van der Waals surface area contributed by atoms with E-state index >= 15 is 0 Å². The van der Waals surface area contributed by atoms with Gasteiger partial charge in [-0.3, -0.25) is 0 Å². The molecule has 0 saturated carbocycles. The van der Waals surface area contributed by atoms with Crippen molar-refractivity contribution in [3.8, 4) is 5.75 Å². The van der Waals surface area contributed by atoms with E-state index in [1.54, 1.807) is 0 Å². The molecule has 0 bridgehead atoms. The zero-order valence-corrected chi connectivity index (χ0v) is 16.6. The molecule has 4 nitrogen and oxygen atoms in total. The van der Waals surface area contributed by atoms with E-state index in [4.69, 9.17) is 14.2 Å². The summed E-state index contributed by atoms with van der Waals surface area (Å²) in [6, 6.07) is 17.0. The fraction of sp³-hybridized carbons (Fsp3) is 0.318. The summed E-state index contributed by atoms with van der Waals surface area (Å²) in [4.78, 5) is 11.9. The summed E-state index contributed by atoms with van der Waals surface area (Å²) in [7, 11) is 2.83. The molecule has 4 heteroatoms. The first-order chi connectivity index (χ1) is 12.8. The van der Waals surface area contributed by atoms with E-state index in [-0.39, 0.29) is 0 Å². The number of ether oxygens (including phenoxy) is 3. The second-order valence-corrected chi connectivity index (χ2v) is 4.52. The van der Waals surface area contributed by atoms with E-state index in [1.807, 2.05) is 82.3 Å². The van der Waals surface area contributed by atoms with E-state index in [1.165, 1.54) is 20.5 Å². The molecule has 0 fully saturated rings. The van der Waals surface area contributed by atoms with E-state index < -0.39 is 5.97 Å². The number of hydrogen-bond acceptors (Lipinski definition) is 4. The molecule has 0 spiro atoms. The van der Waals surface area contributed by atoms with Gasteiger partial charge >= 0.3 is 5.97 Å². The van der Waals surface area contributed by atoms with Crippen molar-refractivity contribution in [2.75, 3.05) is 14.2 Å². The third kappa shape index (κ3) is 7.43. The predicted octanol–water partition coefficient (Wildman–Crippen LogP) is 5.48. The third-order valence-corrected chi connectivity index (χ3v) is 3.09. The van der Waals surface area contributed by atoms with E-state index in [9.17, 15) is 4.79 Å². The van der Waals surface area contributed by atoms with Gasteiger partial charge in [0, 0.05) is 0 Å². The quantitative estimate of drug-likeness (QED) is 0.390. The Labute approximate surface area is 157 Å². The Kier molecular flexibility index (Phi) is 13.0. The molecule has 0 aliphatic heterocycles. The Morgan fingerprint density at radius 2 is 1.46 bits per heavy atom. The Bertz CT molecular complexity index is 648. The van der Waals surface area contributed by atoms with Crippen LogP contribution in [0.15, 0.2) is 60.9 Å². The number of carbonyl (C=O) groups excluding carboxylic acids is 1. The van der Waals surface area contributed by atoms with Crippen molar-refractivity contribution in [2.24, 2.45) is 0 Å². The number of carbonyl (C=O) groups is 1. The molecule has 0 N–H and O–H groups in total. The molecule has 2 aromatic carbocycles. The maximum absolute atomic E-state index is 11.9. The SMILES string of the molecule is CC.CC.CO/C=C(/C(=O)OC)c1ccccc1COc1ccccc1. The molecule has 0 unspecified atom stereocenters. The maximum atomic E-state index is 11.9. The minimum Gasteiger partial charge on any atom is -0.503 e. The molecular formula is C22H30O4. The zero-order valence-electron chi connectivity index (χ0n) is 16.6. The van der Waals surface area contributed by atoms with Gasteiger partial charge in [-0.2, -0.15) is 0 Å². The van der Waals surface area contributed by atoms with Crippen LogP contribution in [0, 0.1) is 0 Å². The van der Waals surface area contributed by atoms with Crippen LogP contribution in [-0.2, 0) is 20.9 Å². The molecule has 0 aliphatic carbocycles. The van der Waals surface area contributed by atoms with Crippen LogP contribution in [0.4, 0.5) is 0 Å². The number of esters is 1. The van der Waals surface area contributed by atoms with Crippen LogP contribution < -0.4 is 4.74 Å². The number of para-hydroxylation sites is 1. The van der Waals surface area contributed by atoms with Crippen LogP contribution in [-0.4, -0.2) is 20.2 Å². The predicted molar refractivity (Wildman–Crippen MR) is 107 cm³/mol. The summed E-state index contributed by atoms with van der Waals surface area (Å²) in [5.74, 6) is 0.321. The Hall–Kier alpha value is -2.75. The van der Waals surface area contributed by atoms with Crippen molar-refractivity contribution in [3.63, 3.8) is 0 Å². The molecule has 2 aromatic rings. The highest BCUT2D eigenvalue weighted by molar-refractivity contribution is 6.16. The minimum absolute atomic E-state index is 0.345. The first-order valence-electron chi connectivity index (χ1n) is 8.83. The smallest absolute Gasteiger partial charge is 0.341 e. The standard InChI is InChI=1S/C18H18O4.2C2H6/c1-20-13-17(18(19)21-2)16-11-7-6-8-14(16)12-22-15-9-4-3-5-10-15;2*1-2/h3-11,13H,12H2,1-2H3;2*1-2H3/b17-13+;;. The summed E-state index contributed by atoms with van der Waals surface area (Å²) in [5, 5.41) is 0. The third-order valence-electron chi connectivity index (χ3n) is 3.09. The molecular weight excluding hydrogens is 328 g/mol. The van der Waals surface area contributed by atoms with E-state index in [0.29, 0.717) is 12.2 Å². The lowest BCUT2D eigenvalue weighted by Crippen LogP contribution is -2.08. The van der Waals surface area contributed by atoms with Gasteiger partial charge in [-0.25, -0.2) is 4.79 Å². The molecule has 0 amide bonds. The number of hydrogen-bond donors (Lipinski definition) is 0. The first kappa shape index (κ1) is 23.2. The summed E-state index contributed by atoms with van der Waals surface area (Å²) in [6.45, 7) is 8.35. The first-order valence-corrected chi connectivity index (χ1v) is 8.83. The van der Waals surface area contributed by atoms with Crippen LogP contribution in [0.1, 0.15) is 38.8 Å². The molecule has 0 heterocycles. The lowest BCUT2D eigenvalue weighted by molar-refractivity contribution is -0.133. The van der Waals surface area contributed by atoms with E-state index in [0.717, 1.165) is 16.9 Å². The van der Waals surface area contributed by atoms with Gasteiger partial charge < -0.3 is 14.2 Å². The summed E-state index contributed by atoms with van der Waals surface area (Å²) >= 11 is 0. The van der Waals surface area contributed by atoms with Gasteiger partial charge in [-0.15, -0.1) is 0 Å². The molecule has 0 aliphatic rings. The van der Waals surface area contributed by atoms with Gasteiger partial charge in [0.2, 0.25) is 0 Å². The minimum atomic E-state index is -0.450. The molecule has 0 saturated heterocycles. The monoisotopic (exact) mass is 358 g/mol. The number of benzene rings is 2. The van der Waals surface area contributed by atoms with Crippen molar-refractivity contribution >= 4 is 11.5 Å². The topological polar surface area (TPSA) is 44.8 Å².